The fraction of sp³-hybridized carbons (Fsp3) is 0.312. The van der Waals surface area contributed by atoms with Gasteiger partial charge in [-0.15, -0.1) is 0 Å². The summed E-state index contributed by atoms with van der Waals surface area (Å²) in [6.45, 7) is 2.02. The molecule has 1 aromatic carbocycles. The van der Waals surface area contributed by atoms with Gasteiger partial charge in [0.15, 0.2) is 5.16 Å². The Morgan fingerprint density at radius 1 is 1.32 bits per heavy atom. The van der Waals surface area contributed by atoms with Crippen LogP contribution in [0.2, 0.25) is 0 Å². The molecule has 1 heterocycles. The molecule has 0 aliphatic rings. The number of halogens is 2. The van der Waals surface area contributed by atoms with Crippen LogP contribution in [0.5, 0.6) is 5.75 Å². The zero-order valence-electron chi connectivity index (χ0n) is 13.7. The Labute approximate surface area is 166 Å². The van der Waals surface area contributed by atoms with E-state index in [-0.39, 0.29) is 17.2 Å². The predicted octanol–water partition coefficient (Wildman–Crippen LogP) is 3.99. The molecule has 0 fully saturated rings. The maximum Gasteiger partial charge on any atom is 0.251 e. The first-order chi connectivity index (χ1) is 11.9. The summed E-state index contributed by atoms with van der Waals surface area (Å²) in [4.78, 5) is 30.8. The third-order valence-electron chi connectivity index (χ3n) is 3.13. The van der Waals surface area contributed by atoms with Gasteiger partial charge in [0.05, 0.1) is 23.0 Å². The van der Waals surface area contributed by atoms with E-state index in [2.05, 4.69) is 47.1 Å². The second kappa shape index (κ2) is 9.40. The van der Waals surface area contributed by atoms with E-state index in [1.165, 1.54) is 17.8 Å². The molecule has 2 N–H and O–H groups in total. The minimum Gasteiger partial charge on any atom is -0.495 e. The number of H-pyrrole nitrogens is 1. The van der Waals surface area contributed by atoms with Crippen LogP contribution in [0.4, 0.5) is 5.69 Å². The molecular formula is C16H17Br2N3O3S. The van der Waals surface area contributed by atoms with Crippen molar-refractivity contribution in [2.75, 3.05) is 18.2 Å². The number of nitrogens with zero attached hydrogens (tertiary/aromatic N) is 1. The van der Waals surface area contributed by atoms with Crippen LogP contribution < -0.4 is 15.6 Å². The van der Waals surface area contributed by atoms with Crippen LogP contribution in [-0.4, -0.2) is 28.7 Å². The maximum atomic E-state index is 12.2. The SMILES string of the molecule is CCCc1cc(=O)[nH]c(SCC(=O)Nc2cc(OC)c(Br)cc2Br)n1. The molecule has 0 bridgehead atoms. The number of ether oxygens (including phenoxy) is 1. The van der Waals surface area contributed by atoms with Crippen molar-refractivity contribution in [3.05, 3.63) is 43.2 Å². The van der Waals surface area contributed by atoms with Crippen LogP contribution in [0, 0.1) is 0 Å². The van der Waals surface area contributed by atoms with E-state index in [9.17, 15) is 9.59 Å². The highest BCUT2D eigenvalue weighted by Crippen LogP contribution is 2.34. The number of carbonyl (C=O) groups is 1. The van der Waals surface area contributed by atoms with Gasteiger partial charge in [-0.25, -0.2) is 4.98 Å². The van der Waals surface area contributed by atoms with E-state index >= 15 is 0 Å². The molecule has 0 spiro atoms. The largest absolute Gasteiger partial charge is 0.495 e. The van der Waals surface area contributed by atoms with Crippen molar-refractivity contribution in [2.45, 2.75) is 24.9 Å². The number of aryl methyl sites for hydroxylation is 1. The molecule has 9 heteroatoms. The molecule has 2 rings (SSSR count). The number of aromatic nitrogens is 2. The van der Waals surface area contributed by atoms with Gasteiger partial charge in [0.2, 0.25) is 5.91 Å². The van der Waals surface area contributed by atoms with E-state index in [1.807, 2.05) is 6.92 Å². The molecule has 0 saturated heterocycles. The topological polar surface area (TPSA) is 84.1 Å². The molecule has 2 aromatic rings. The van der Waals surface area contributed by atoms with E-state index in [1.54, 1.807) is 19.2 Å². The Balaban J connectivity index is 2.03. The minimum absolute atomic E-state index is 0.128. The third-order valence-corrected chi connectivity index (χ3v) is 5.28. The van der Waals surface area contributed by atoms with E-state index < -0.39 is 0 Å². The highest BCUT2D eigenvalue weighted by molar-refractivity contribution is 9.11. The molecular weight excluding hydrogens is 474 g/mol. The first-order valence-electron chi connectivity index (χ1n) is 7.48. The van der Waals surface area contributed by atoms with Gasteiger partial charge in [-0.1, -0.05) is 25.1 Å². The fourth-order valence-electron chi connectivity index (χ4n) is 2.04. The maximum absolute atomic E-state index is 12.2. The summed E-state index contributed by atoms with van der Waals surface area (Å²) >= 11 is 7.97. The molecule has 0 aliphatic carbocycles. The van der Waals surface area contributed by atoms with Crippen LogP contribution in [0.15, 0.2) is 37.1 Å². The second-order valence-electron chi connectivity index (χ2n) is 5.10. The minimum atomic E-state index is -0.210. The lowest BCUT2D eigenvalue weighted by Gasteiger charge is -2.11. The highest BCUT2D eigenvalue weighted by atomic mass is 79.9. The Morgan fingerprint density at radius 3 is 2.76 bits per heavy atom. The molecule has 0 unspecified atom stereocenters. The lowest BCUT2D eigenvalue weighted by Crippen LogP contribution is -2.16. The number of carbonyl (C=O) groups excluding carboxylic acids is 1. The van der Waals surface area contributed by atoms with Crippen molar-refractivity contribution in [1.82, 2.24) is 9.97 Å². The molecule has 134 valence electrons. The summed E-state index contributed by atoms with van der Waals surface area (Å²) in [5.41, 5.74) is 1.13. The summed E-state index contributed by atoms with van der Waals surface area (Å²) in [6, 6.07) is 5.01. The van der Waals surface area contributed by atoms with E-state index in [0.717, 1.165) is 27.5 Å². The zero-order valence-corrected chi connectivity index (χ0v) is 17.7. The summed E-state index contributed by atoms with van der Waals surface area (Å²) < 4.78 is 6.74. The van der Waals surface area contributed by atoms with Crippen molar-refractivity contribution >= 4 is 55.2 Å². The molecule has 1 amide bonds. The average Bonchev–Trinajstić information content (AvgIpc) is 2.55. The standard InChI is InChI=1S/C16H17Br2N3O3S/c1-3-4-9-5-14(22)21-16(19-9)25-8-15(23)20-12-7-13(24-2)11(18)6-10(12)17/h5-7H,3-4,8H2,1-2H3,(H,20,23)(H,19,21,22). The van der Waals surface area contributed by atoms with Crippen molar-refractivity contribution in [3.63, 3.8) is 0 Å². The van der Waals surface area contributed by atoms with Crippen LogP contribution in [0.3, 0.4) is 0 Å². The predicted molar refractivity (Wildman–Crippen MR) is 107 cm³/mol. The summed E-state index contributed by atoms with van der Waals surface area (Å²) in [7, 11) is 1.56. The van der Waals surface area contributed by atoms with Crippen LogP contribution in [0.25, 0.3) is 0 Å². The number of benzene rings is 1. The monoisotopic (exact) mass is 489 g/mol. The zero-order chi connectivity index (χ0) is 18.4. The number of aromatic amines is 1. The Morgan fingerprint density at radius 2 is 2.08 bits per heavy atom. The molecule has 1 aromatic heterocycles. The highest BCUT2D eigenvalue weighted by Gasteiger charge is 2.11. The summed E-state index contributed by atoms with van der Waals surface area (Å²) in [6.07, 6.45) is 1.63. The number of thioether (sulfide) groups is 1. The van der Waals surface area contributed by atoms with E-state index in [4.69, 9.17) is 4.74 Å². The van der Waals surface area contributed by atoms with Gasteiger partial charge in [0.25, 0.3) is 5.56 Å². The van der Waals surface area contributed by atoms with Crippen molar-refractivity contribution in [1.29, 1.82) is 0 Å². The number of anilines is 1. The Bertz CT molecular complexity index is 827. The molecule has 0 aliphatic heterocycles. The first kappa shape index (κ1) is 20.0. The van der Waals surface area contributed by atoms with Gasteiger partial charge in [-0.2, -0.15) is 0 Å². The van der Waals surface area contributed by atoms with Crippen molar-refractivity contribution < 1.29 is 9.53 Å². The Kier molecular flexibility index (Phi) is 7.52. The van der Waals surface area contributed by atoms with Gasteiger partial charge in [-0.3, -0.25) is 9.59 Å². The molecule has 25 heavy (non-hydrogen) atoms. The van der Waals surface area contributed by atoms with Gasteiger partial charge in [-0.05, 0) is 44.3 Å². The lowest BCUT2D eigenvalue weighted by molar-refractivity contribution is -0.113. The van der Waals surface area contributed by atoms with Gasteiger partial charge < -0.3 is 15.0 Å². The van der Waals surface area contributed by atoms with Gasteiger partial charge in [0.1, 0.15) is 5.75 Å². The Hall–Kier alpha value is -1.32. The first-order valence-corrected chi connectivity index (χ1v) is 10.1. The average molecular weight is 491 g/mol. The normalized spacial score (nSPS) is 10.6. The van der Waals surface area contributed by atoms with E-state index in [0.29, 0.717) is 16.6 Å². The van der Waals surface area contributed by atoms with Crippen LogP contribution >= 0.6 is 43.6 Å². The quantitative estimate of drug-likeness (QED) is 0.452. The number of rotatable bonds is 7. The lowest BCUT2D eigenvalue weighted by atomic mass is 10.2. The number of amides is 1. The van der Waals surface area contributed by atoms with Crippen molar-refractivity contribution in [3.8, 4) is 5.75 Å². The molecule has 0 saturated carbocycles. The molecule has 6 nitrogen and oxygen atoms in total. The fourth-order valence-corrected chi connectivity index (χ4v) is 3.99. The number of nitrogens with one attached hydrogen (secondary N) is 2. The van der Waals surface area contributed by atoms with Crippen molar-refractivity contribution in [2.24, 2.45) is 0 Å². The van der Waals surface area contributed by atoms with Crippen LogP contribution in [-0.2, 0) is 11.2 Å². The summed E-state index contributed by atoms with van der Waals surface area (Å²) in [5.74, 6) is 0.534. The number of methoxy groups -OCH3 is 1. The van der Waals surface area contributed by atoms with Gasteiger partial charge in [0, 0.05) is 22.3 Å². The second-order valence-corrected chi connectivity index (χ2v) is 7.77. The summed E-state index contributed by atoms with van der Waals surface area (Å²) in [5, 5.41) is 3.25. The molecule has 0 atom stereocenters. The number of hydrogen-bond acceptors (Lipinski definition) is 5. The smallest absolute Gasteiger partial charge is 0.251 e. The molecule has 0 radical (unpaired) electrons. The number of hydrogen-bond donors (Lipinski definition) is 2. The van der Waals surface area contributed by atoms with Gasteiger partial charge >= 0.3 is 0 Å². The third kappa shape index (κ3) is 5.86. The van der Waals surface area contributed by atoms with Crippen LogP contribution in [0.1, 0.15) is 19.0 Å².